The van der Waals surface area contributed by atoms with Crippen LogP contribution in [0.5, 0.6) is 0 Å². The Morgan fingerprint density at radius 1 is 0.889 bits per heavy atom. The minimum absolute atomic E-state index is 0.199. The Morgan fingerprint density at radius 3 is 2.49 bits per heavy atom. The number of nitrogens with one attached hydrogen (secondary N) is 2. The van der Waals surface area contributed by atoms with Gasteiger partial charge in [-0.1, -0.05) is 78.3 Å². The van der Waals surface area contributed by atoms with Crippen LogP contribution in [0.2, 0.25) is 5.02 Å². The van der Waals surface area contributed by atoms with E-state index in [1.165, 1.54) is 23.2 Å². The highest BCUT2D eigenvalue weighted by Gasteiger charge is 2.25. The smallest absolute Gasteiger partial charge is 0.265 e. The van der Waals surface area contributed by atoms with E-state index in [1.54, 1.807) is 10.8 Å². The fraction of sp³-hybridized carbons (Fsp3) is 0.111. The number of para-hydroxylation sites is 1. The molecule has 0 spiro atoms. The summed E-state index contributed by atoms with van der Waals surface area (Å²) in [6, 6.07) is 30.8. The zero-order chi connectivity index (χ0) is 31.1. The van der Waals surface area contributed by atoms with Gasteiger partial charge in [-0.25, -0.2) is 9.97 Å². The Hall–Kier alpha value is -5.47. The standard InChI is InChI=1S/C36H29ClN6O2/c1-22(41-35-31-29(44)17-18-38-34(31)39-21-40-35)33-32(37)27-13-8-14-28(30(27)36(45)43(33)26-11-4-3-5-12-26)42(2)20-23-15-16-24-9-6-7-10-25(24)19-23/h3-19,21-22H,20H2,1-2H3,(H2,38,39,40,41,44)/t22-/m0/s1. The number of nitrogens with zero attached hydrogens (tertiary/aromatic N) is 4. The van der Waals surface area contributed by atoms with E-state index in [9.17, 15) is 9.59 Å². The third-order valence-corrected chi connectivity index (χ3v) is 8.53. The molecule has 0 aliphatic heterocycles. The molecule has 0 amide bonds. The van der Waals surface area contributed by atoms with Crippen LogP contribution >= 0.6 is 11.6 Å². The van der Waals surface area contributed by atoms with Crippen LogP contribution in [0.1, 0.15) is 24.2 Å². The summed E-state index contributed by atoms with van der Waals surface area (Å²) in [7, 11) is 1.99. The van der Waals surface area contributed by atoms with E-state index in [2.05, 4.69) is 55.5 Å². The number of hydrogen-bond acceptors (Lipinski definition) is 6. The van der Waals surface area contributed by atoms with Gasteiger partial charge >= 0.3 is 0 Å². The number of benzene rings is 4. The van der Waals surface area contributed by atoms with Gasteiger partial charge in [-0.2, -0.15) is 0 Å². The quantitative estimate of drug-likeness (QED) is 0.197. The van der Waals surface area contributed by atoms with E-state index in [4.69, 9.17) is 11.6 Å². The van der Waals surface area contributed by atoms with Gasteiger partial charge in [-0.05, 0) is 47.5 Å². The molecule has 9 heteroatoms. The second kappa shape index (κ2) is 11.6. The van der Waals surface area contributed by atoms with E-state index >= 15 is 0 Å². The second-order valence-electron chi connectivity index (χ2n) is 11.1. The molecule has 0 fully saturated rings. The first-order valence-electron chi connectivity index (χ1n) is 14.6. The number of fused-ring (bicyclic) bond motifs is 3. The van der Waals surface area contributed by atoms with Crippen molar-refractivity contribution in [3.8, 4) is 5.69 Å². The number of aromatic amines is 1. The molecule has 3 heterocycles. The lowest BCUT2D eigenvalue weighted by Gasteiger charge is -2.26. The van der Waals surface area contributed by atoms with Crippen LogP contribution in [-0.4, -0.2) is 26.6 Å². The van der Waals surface area contributed by atoms with Gasteiger partial charge in [0.1, 0.15) is 23.2 Å². The fourth-order valence-electron chi connectivity index (χ4n) is 6.03. The first kappa shape index (κ1) is 28.3. The van der Waals surface area contributed by atoms with Crippen molar-refractivity contribution in [2.45, 2.75) is 19.5 Å². The maximum Gasteiger partial charge on any atom is 0.265 e. The van der Waals surface area contributed by atoms with E-state index in [0.717, 1.165) is 11.3 Å². The summed E-state index contributed by atoms with van der Waals surface area (Å²) in [5, 5.41) is 7.62. The van der Waals surface area contributed by atoms with Gasteiger partial charge in [0.15, 0.2) is 5.43 Å². The highest BCUT2D eigenvalue weighted by molar-refractivity contribution is 6.36. The lowest BCUT2D eigenvalue weighted by molar-refractivity contribution is 0.774. The van der Waals surface area contributed by atoms with Crippen LogP contribution in [0.4, 0.5) is 11.5 Å². The summed E-state index contributed by atoms with van der Waals surface area (Å²) in [5.74, 6) is 0.349. The molecule has 45 heavy (non-hydrogen) atoms. The van der Waals surface area contributed by atoms with Crippen molar-refractivity contribution < 1.29 is 0 Å². The predicted molar refractivity (Wildman–Crippen MR) is 183 cm³/mol. The second-order valence-corrected chi connectivity index (χ2v) is 11.4. The molecule has 7 aromatic rings. The molecule has 4 aromatic carbocycles. The van der Waals surface area contributed by atoms with Gasteiger partial charge in [-0.15, -0.1) is 0 Å². The molecule has 0 bridgehead atoms. The molecule has 0 radical (unpaired) electrons. The molecule has 0 saturated carbocycles. The van der Waals surface area contributed by atoms with Crippen molar-refractivity contribution in [2.75, 3.05) is 17.3 Å². The number of halogens is 1. The van der Waals surface area contributed by atoms with Gasteiger partial charge in [0.25, 0.3) is 5.56 Å². The Morgan fingerprint density at radius 2 is 1.67 bits per heavy atom. The molecule has 222 valence electrons. The molecule has 0 unspecified atom stereocenters. The number of anilines is 2. The molecule has 1 atom stereocenters. The highest BCUT2D eigenvalue weighted by Crippen LogP contribution is 2.36. The van der Waals surface area contributed by atoms with Crippen LogP contribution in [0.3, 0.4) is 0 Å². The number of hydrogen-bond donors (Lipinski definition) is 2. The molecule has 0 saturated heterocycles. The summed E-state index contributed by atoms with van der Waals surface area (Å²) in [4.78, 5) is 41.1. The van der Waals surface area contributed by atoms with Crippen molar-refractivity contribution in [1.29, 1.82) is 0 Å². The average Bonchev–Trinajstić information content (AvgIpc) is 3.06. The van der Waals surface area contributed by atoms with Gasteiger partial charge in [0.2, 0.25) is 0 Å². The van der Waals surface area contributed by atoms with Crippen molar-refractivity contribution in [1.82, 2.24) is 19.5 Å². The van der Waals surface area contributed by atoms with Crippen LogP contribution in [0, 0.1) is 0 Å². The Bertz CT molecular complexity index is 2330. The molecular formula is C36H29ClN6O2. The molecular weight excluding hydrogens is 584 g/mol. The van der Waals surface area contributed by atoms with Crippen LogP contribution in [0.25, 0.3) is 38.3 Å². The fourth-order valence-corrected chi connectivity index (χ4v) is 6.43. The summed E-state index contributed by atoms with van der Waals surface area (Å²) < 4.78 is 1.66. The lowest BCUT2D eigenvalue weighted by atomic mass is 10.0. The topological polar surface area (TPSA) is 95.9 Å². The highest BCUT2D eigenvalue weighted by atomic mass is 35.5. The Labute approximate surface area is 263 Å². The predicted octanol–water partition coefficient (Wildman–Crippen LogP) is 7.24. The van der Waals surface area contributed by atoms with E-state index in [-0.39, 0.29) is 11.0 Å². The zero-order valence-electron chi connectivity index (χ0n) is 24.7. The summed E-state index contributed by atoms with van der Waals surface area (Å²) in [6.07, 6.45) is 2.93. The number of pyridine rings is 2. The first-order valence-corrected chi connectivity index (χ1v) is 15.0. The molecule has 7 rings (SSSR count). The summed E-state index contributed by atoms with van der Waals surface area (Å²) in [5.41, 5.74) is 3.12. The SMILES string of the molecule is C[C@H](Nc1ncnc2[nH]ccc(=O)c12)c1c(Cl)c2cccc(N(C)Cc3ccc4ccccc4c3)c2c(=O)n1-c1ccccc1. The minimum Gasteiger partial charge on any atom is -0.370 e. The Kier molecular flexibility index (Phi) is 7.27. The molecule has 8 nitrogen and oxygen atoms in total. The van der Waals surface area contributed by atoms with Gasteiger partial charge < -0.3 is 15.2 Å². The van der Waals surface area contributed by atoms with Crippen molar-refractivity contribution in [3.63, 3.8) is 0 Å². The average molecular weight is 613 g/mol. The normalized spacial score (nSPS) is 12.1. The van der Waals surface area contributed by atoms with E-state index in [1.807, 2.05) is 74.6 Å². The monoisotopic (exact) mass is 612 g/mol. The molecule has 0 aliphatic rings. The zero-order valence-corrected chi connectivity index (χ0v) is 25.4. The largest absolute Gasteiger partial charge is 0.370 e. The minimum atomic E-state index is -0.522. The van der Waals surface area contributed by atoms with Crippen molar-refractivity contribution in [3.05, 3.63) is 146 Å². The maximum absolute atomic E-state index is 14.6. The van der Waals surface area contributed by atoms with Crippen LogP contribution in [-0.2, 0) is 6.54 Å². The number of aromatic nitrogens is 4. The van der Waals surface area contributed by atoms with Gasteiger partial charge in [0, 0.05) is 36.9 Å². The maximum atomic E-state index is 14.6. The molecule has 3 aromatic heterocycles. The molecule has 2 N–H and O–H groups in total. The summed E-state index contributed by atoms with van der Waals surface area (Å²) >= 11 is 7.26. The van der Waals surface area contributed by atoms with Gasteiger partial charge in [0.05, 0.1) is 27.8 Å². The van der Waals surface area contributed by atoms with Crippen LogP contribution in [0.15, 0.2) is 119 Å². The van der Waals surface area contributed by atoms with Gasteiger partial charge in [-0.3, -0.25) is 14.2 Å². The summed E-state index contributed by atoms with van der Waals surface area (Å²) in [6.45, 7) is 2.49. The Balaban J connectivity index is 1.38. The van der Waals surface area contributed by atoms with E-state index in [0.29, 0.717) is 50.6 Å². The van der Waals surface area contributed by atoms with Crippen molar-refractivity contribution >= 4 is 55.7 Å². The van der Waals surface area contributed by atoms with Crippen LogP contribution < -0.4 is 21.2 Å². The van der Waals surface area contributed by atoms with E-state index < -0.39 is 6.04 Å². The number of rotatable bonds is 7. The first-order chi connectivity index (χ1) is 21.9. The van der Waals surface area contributed by atoms with Crippen molar-refractivity contribution in [2.24, 2.45) is 0 Å². The lowest BCUT2D eigenvalue weighted by Crippen LogP contribution is -2.28. The number of H-pyrrole nitrogens is 1. The third-order valence-electron chi connectivity index (χ3n) is 8.13. The third kappa shape index (κ3) is 5.09. The molecule has 0 aliphatic carbocycles.